The van der Waals surface area contributed by atoms with E-state index in [2.05, 4.69) is 4.74 Å². The lowest BCUT2D eigenvalue weighted by atomic mass is 10.0. The summed E-state index contributed by atoms with van der Waals surface area (Å²) >= 11 is 0. The van der Waals surface area contributed by atoms with E-state index in [9.17, 15) is 28.5 Å². The number of nitro benzene ring substituents is 1. The van der Waals surface area contributed by atoms with Crippen LogP contribution < -0.4 is 4.74 Å². The van der Waals surface area contributed by atoms with Crippen molar-refractivity contribution in [2.45, 2.75) is 13.5 Å². The third-order valence-corrected chi connectivity index (χ3v) is 2.05. The fraction of sp³-hybridized carbons (Fsp3) is 0.200. The number of ketones is 1. The number of ether oxygens (including phenoxy) is 1. The Morgan fingerprint density at radius 1 is 1.50 bits per heavy atom. The molecular formula is C10H7F2NO5. The maximum absolute atomic E-state index is 12.0. The molecule has 0 amide bonds. The van der Waals surface area contributed by atoms with Crippen molar-refractivity contribution in [1.82, 2.24) is 0 Å². The monoisotopic (exact) mass is 259 g/mol. The SMILES string of the molecule is CC(=O)c1cc(OC(F)F)cc([N+](=O)[O-])c1C=O. The number of rotatable bonds is 5. The van der Waals surface area contributed by atoms with Gasteiger partial charge < -0.3 is 4.74 Å². The first-order valence-electron chi connectivity index (χ1n) is 4.60. The van der Waals surface area contributed by atoms with Gasteiger partial charge in [-0.1, -0.05) is 0 Å². The number of aldehydes is 1. The lowest BCUT2D eigenvalue weighted by Crippen LogP contribution is -2.07. The van der Waals surface area contributed by atoms with E-state index in [1.165, 1.54) is 0 Å². The van der Waals surface area contributed by atoms with Crippen LogP contribution in [0.4, 0.5) is 14.5 Å². The van der Waals surface area contributed by atoms with E-state index in [1.807, 2.05) is 0 Å². The number of nitro groups is 1. The molecule has 1 aromatic rings. The van der Waals surface area contributed by atoms with E-state index in [0.29, 0.717) is 6.07 Å². The Morgan fingerprint density at radius 2 is 2.11 bits per heavy atom. The molecule has 0 bridgehead atoms. The third kappa shape index (κ3) is 2.84. The molecule has 0 saturated heterocycles. The third-order valence-electron chi connectivity index (χ3n) is 2.05. The second kappa shape index (κ2) is 5.30. The average Bonchev–Trinajstić information content (AvgIpc) is 2.26. The van der Waals surface area contributed by atoms with Crippen LogP contribution in [0, 0.1) is 10.1 Å². The lowest BCUT2D eigenvalue weighted by Gasteiger charge is -2.08. The summed E-state index contributed by atoms with van der Waals surface area (Å²) in [4.78, 5) is 31.7. The highest BCUT2D eigenvalue weighted by atomic mass is 19.3. The minimum atomic E-state index is -3.19. The van der Waals surface area contributed by atoms with E-state index in [0.717, 1.165) is 13.0 Å². The summed E-state index contributed by atoms with van der Waals surface area (Å²) in [7, 11) is 0. The van der Waals surface area contributed by atoms with Gasteiger partial charge in [0.25, 0.3) is 5.69 Å². The zero-order valence-electron chi connectivity index (χ0n) is 9.05. The van der Waals surface area contributed by atoms with Crippen LogP contribution in [0.15, 0.2) is 12.1 Å². The molecule has 0 aliphatic rings. The van der Waals surface area contributed by atoms with E-state index in [1.54, 1.807) is 0 Å². The summed E-state index contributed by atoms with van der Waals surface area (Å²) in [5.74, 6) is -1.22. The highest BCUT2D eigenvalue weighted by molar-refractivity contribution is 6.04. The maximum Gasteiger partial charge on any atom is 0.387 e. The molecule has 0 unspecified atom stereocenters. The van der Waals surface area contributed by atoms with Gasteiger partial charge in [0.2, 0.25) is 0 Å². The van der Waals surface area contributed by atoms with Crippen molar-refractivity contribution in [2.24, 2.45) is 0 Å². The number of benzene rings is 1. The quantitative estimate of drug-likeness (QED) is 0.350. The number of alkyl halides is 2. The molecule has 6 nitrogen and oxygen atoms in total. The number of hydrogen-bond donors (Lipinski definition) is 0. The Kier molecular flexibility index (Phi) is 4.03. The first-order valence-corrected chi connectivity index (χ1v) is 4.60. The Bertz CT molecular complexity index is 480. The minimum Gasteiger partial charge on any atom is -0.435 e. The van der Waals surface area contributed by atoms with Gasteiger partial charge in [-0.3, -0.25) is 19.7 Å². The van der Waals surface area contributed by atoms with Gasteiger partial charge in [0, 0.05) is 5.56 Å². The van der Waals surface area contributed by atoms with Crippen molar-refractivity contribution >= 4 is 17.8 Å². The second-order valence-electron chi connectivity index (χ2n) is 3.21. The van der Waals surface area contributed by atoms with Crippen molar-refractivity contribution in [3.63, 3.8) is 0 Å². The first-order chi connectivity index (χ1) is 8.36. The molecular weight excluding hydrogens is 252 g/mol. The molecule has 0 spiro atoms. The predicted octanol–water partition coefficient (Wildman–Crippen LogP) is 2.21. The van der Waals surface area contributed by atoms with Gasteiger partial charge in [-0.2, -0.15) is 8.78 Å². The molecule has 0 aromatic heterocycles. The molecule has 18 heavy (non-hydrogen) atoms. The van der Waals surface area contributed by atoms with Crippen molar-refractivity contribution in [3.05, 3.63) is 33.4 Å². The molecule has 0 atom stereocenters. The Morgan fingerprint density at radius 3 is 2.50 bits per heavy atom. The number of carbonyl (C=O) groups is 2. The Balaban J connectivity index is 3.48. The van der Waals surface area contributed by atoms with Crippen molar-refractivity contribution in [1.29, 1.82) is 0 Å². The first kappa shape index (κ1) is 13.7. The van der Waals surface area contributed by atoms with Gasteiger partial charge in [0.15, 0.2) is 12.1 Å². The Labute approximate surface area is 99.3 Å². The lowest BCUT2D eigenvalue weighted by molar-refractivity contribution is -0.385. The van der Waals surface area contributed by atoms with E-state index in [4.69, 9.17) is 0 Å². The Hall–Kier alpha value is -2.38. The number of nitrogens with zero attached hydrogens (tertiary/aromatic N) is 1. The topological polar surface area (TPSA) is 86.5 Å². The largest absolute Gasteiger partial charge is 0.435 e. The molecule has 0 aliphatic heterocycles. The normalized spacial score (nSPS) is 10.2. The van der Waals surface area contributed by atoms with E-state index >= 15 is 0 Å². The molecule has 1 rings (SSSR count). The number of Topliss-reactive ketones (excluding diaryl/α,β-unsaturated/α-hetero) is 1. The number of carbonyl (C=O) groups excluding carboxylic acids is 2. The number of halogens is 2. The summed E-state index contributed by atoms with van der Waals surface area (Å²) in [5, 5.41) is 10.7. The maximum atomic E-state index is 12.0. The van der Waals surface area contributed by atoms with E-state index < -0.39 is 34.3 Å². The summed E-state index contributed by atoms with van der Waals surface area (Å²) < 4.78 is 28.0. The van der Waals surface area contributed by atoms with Crippen molar-refractivity contribution < 1.29 is 28.0 Å². The van der Waals surface area contributed by atoms with Gasteiger partial charge in [0.05, 0.1) is 11.0 Å². The molecule has 0 fully saturated rings. The molecule has 1 aromatic carbocycles. The van der Waals surface area contributed by atoms with Crippen LogP contribution in [0.25, 0.3) is 0 Å². The van der Waals surface area contributed by atoms with Crippen LogP contribution >= 0.6 is 0 Å². The molecule has 0 heterocycles. The van der Waals surface area contributed by atoms with Crippen LogP contribution in [0.5, 0.6) is 5.75 Å². The van der Waals surface area contributed by atoms with Crippen LogP contribution in [0.3, 0.4) is 0 Å². The highest BCUT2D eigenvalue weighted by Gasteiger charge is 2.23. The predicted molar refractivity (Wildman–Crippen MR) is 55.1 cm³/mol. The summed E-state index contributed by atoms with van der Waals surface area (Å²) in [6.07, 6.45) is 0.126. The fourth-order valence-electron chi connectivity index (χ4n) is 1.35. The summed E-state index contributed by atoms with van der Waals surface area (Å²) in [6.45, 7) is -2.13. The van der Waals surface area contributed by atoms with Gasteiger partial charge in [-0.15, -0.1) is 0 Å². The molecule has 0 N–H and O–H groups in total. The zero-order valence-corrected chi connectivity index (χ0v) is 9.05. The van der Waals surface area contributed by atoms with Crippen molar-refractivity contribution in [3.8, 4) is 5.75 Å². The molecule has 96 valence electrons. The molecule has 8 heteroatoms. The van der Waals surface area contributed by atoms with Crippen LogP contribution in [-0.4, -0.2) is 23.6 Å². The van der Waals surface area contributed by atoms with Gasteiger partial charge >= 0.3 is 6.61 Å². The molecule has 0 saturated carbocycles. The van der Waals surface area contributed by atoms with Gasteiger partial charge in [0.1, 0.15) is 11.3 Å². The van der Waals surface area contributed by atoms with Crippen molar-refractivity contribution in [2.75, 3.05) is 0 Å². The summed E-state index contributed by atoms with van der Waals surface area (Å²) in [5.41, 5.74) is -1.56. The van der Waals surface area contributed by atoms with Crippen LogP contribution in [0.1, 0.15) is 27.6 Å². The zero-order chi connectivity index (χ0) is 13.9. The average molecular weight is 259 g/mol. The highest BCUT2D eigenvalue weighted by Crippen LogP contribution is 2.28. The van der Waals surface area contributed by atoms with E-state index in [-0.39, 0.29) is 11.8 Å². The molecule has 0 aliphatic carbocycles. The molecule has 0 radical (unpaired) electrons. The standard InChI is InChI=1S/C10H7F2NO5/c1-5(15)7-2-6(18-10(11)12)3-9(13(16)17)8(7)4-14/h2-4,10H,1H3. The van der Waals surface area contributed by atoms with Crippen LogP contribution in [0.2, 0.25) is 0 Å². The minimum absolute atomic E-state index is 0.126. The van der Waals surface area contributed by atoms with Crippen LogP contribution in [-0.2, 0) is 0 Å². The summed E-state index contributed by atoms with van der Waals surface area (Å²) in [6, 6.07) is 1.54. The van der Waals surface area contributed by atoms with Gasteiger partial charge in [-0.05, 0) is 13.0 Å². The second-order valence-corrected chi connectivity index (χ2v) is 3.21. The van der Waals surface area contributed by atoms with Gasteiger partial charge in [-0.25, -0.2) is 0 Å². The number of hydrogen-bond acceptors (Lipinski definition) is 5. The fourth-order valence-corrected chi connectivity index (χ4v) is 1.35. The smallest absolute Gasteiger partial charge is 0.387 e.